The molecule has 0 aromatic rings. The summed E-state index contributed by atoms with van der Waals surface area (Å²) >= 11 is 0. The SMILES string of the molecule is CC(=O)OC1CCC2(C)C3=C(CCC2C1(C)C)C1(C)CCC2(C)C(C(C)C)CCC2C1(C)CC3. The van der Waals surface area contributed by atoms with Gasteiger partial charge in [0.05, 0.1) is 0 Å². The molecule has 3 saturated carbocycles. The van der Waals surface area contributed by atoms with Crippen LogP contribution in [0, 0.1) is 50.7 Å². The van der Waals surface area contributed by atoms with E-state index in [4.69, 9.17) is 4.74 Å². The van der Waals surface area contributed by atoms with Crippen molar-refractivity contribution in [1.82, 2.24) is 0 Å². The monoisotopic (exact) mass is 468 g/mol. The van der Waals surface area contributed by atoms with Crippen LogP contribution in [0.25, 0.3) is 0 Å². The van der Waals surface area contributed by atoms with Gasteiger partial charge in [-0.1, -0.05) is 66.5 Å². The molecule has 0 aromatic heterocycles. The fourth-order valence-corrected chi connectivity index (χ4v) is 11.6. The third kappa shape index (κ3) is 3.01. The zero-order valence-electron chi connectivity index (χ0n) is 23.8. The van der Waals surface area contributed by atoms with Crippen LogP contribution in [0.3, 0.4) is 0 Å². The highest BCUT2D eigenvalue weighted by Crippen LogP contribution is 2.75. The van der Waals surface area contributed by atoms with Crippen molar-refractivity contribution in [3.05, 3.63) is 11.1 Å². The summed E-state index contributed by atoms with van der Waals surface area (Å²) in [7, 11) is 0. The smallest absolute Gasteiger partial charge is 0.302 e. The van der Waals surface area contributed by atoms with Gasteiger partial charge in [0.1, 0.15) is 6.10 Å². The lowest BCUT2D eigenvalue weighted by Gasteiger charge is -2.67. The average molecular weight is 469 g/mol. The molecule has 0 bridgehead atoms. The fourth-order valence-electron chi connectivity index (χ4n) is 11.6. The maximum atomic E-state index is 11.9. The minimum Gasteiger partial charge on any atom is -0.462 e. The second-order valence-electron chi connectivity index (χ2n) is 15.2. The van der Waals surface area contributed by atoms with Gasteiger partial charge in [0, 0.05) is 12.3 Å². The Morgan fingerprint density at radius 3 is 2.18 bits per heavy atom. The minimum atomic E-state index is -0.111. The minimum absolute atomic E-state index is 0.0416. The number of allylic oxidation sites excluding steroid dienone is 2. The quantitative estimate of drug-likeness (QED) is 0.299. The van der Waals surface area contributed by atoms with E-state index in [1.165, 1.54) is 57.8 Å². The van der Waals surface area contributed by atoms with Crippen molar-refractivity contribution >= 4 is 5.97 Å². The summed E-state index contributed by atoms with van der Waals surface area (Å²) in [5, 5.41) is 0. The van der Waals surface area contributed by atoms with Gasteiger partial charge in [-0.25, -0.2) is 0 Å². The van der Waals surface area contributed by atoms with Crippen LogP contribution in [-0.2, 0) is 9.53 Å². The molecular formula is C32H52O2. The van der Waals surface area contributed by atoms with E-state index in [2.05, 4.69) is 55.4 Å². The molecule has 5 rings (SSSR count). The number of fused-ring (bicyclic) bond motifs is 6. The van der Waals surface area contributed by atoms with E-state index in [0.717, 1.165) is 24.2 Å². The zero-order valence-corrected chi connectivity index (χ0v) is 23.8. The largest absolute Gasteiger partial charge is 0.462 e. The first-order valence-corrected chi connectivity index (χ1v) is 14.6. The van der Waals surface area contributed by atoms with E-state index in [-0.39, 0.29) is 22.9 Å². The first-order chi connectivity index (χ1) is 15.7. The number of hydrogen-bond donors (Lipinski definition) is 0. The first-order valence-electron chi connectivity index (χ1n) is 14.6. The molecule has 192 valence electrons. The predicted octanol–water partition coefficient (Wildman–Crippen LogP) is 8.74. The predicted molar refractivity (Wildman–Crippen MR) is 140 cm³/mol. The van der Waals surface area contributed by atoms with Gasteiger partial charge >= 0.3 is 5.97 Å². The molecule has 0 radical (unpaired) electrons. The lowest BCUT2D eigenvalue weighted by molar-refractivity contribution is -0.168. The van der Waals surface area contributed by atoms with Gasteiger partial charge in [0.15, 0.2) is 0 Å². The molecular weight excluding hydrogens is 416 g/mol. The first kappa shape index (κ1) is 24.9. The number of hydrogen-bond acceptors (Lipinski definition) is 2. The van der Waals surface area contributed by atoms with Crippen molar-refractivity contribution in [2.24, 2.45) is 50.7 Å². The third-order valence-corrected chi connectivity index (χ3v) is 13.4. The van der Waals surface area contributed by atoms with Gasteiger partial charge in [-0.05, 0) is 110 Å². The summed E-state index contributed by atoms with van der Waals surface area (Å²) in [5.74, 6) is 3.09. The average Bonchev–Trinajstić information content (AvgIpc) is 3.10. The van der Waals surface area contributed by atoms with E-state index < -0.39 is 0 Å². The Bertz CT molecular complexity index is 897. The molecule has 0 aliphatic heterocycles. The summed E-state index contributed by atoms with van der Waals surface area (Å²) < 4.78 is 5.89. The zero-order chi connectivity index (χ0) is 24.9. The summed E-state index contributed by atoms with van der Waals surface area (Å²) in [6, 6.07) is 0. The molecule has 0 aromatic carbocycles. The molecule has 8 unspecified atom stereocenters. The van der Waals surface area contributed by atoms with E-state index in [0.29, 0.717) is 22.2 Å². The second kappa shape index (κ2) is 7.61. The van der Waals surface area contributed by atoms with Crippen LogP contribution in [0.15, 0.2) is 11.1 Å². The van der Waals surface area contributed by atoms with Gasteiger partial charge < -0.3 is 4.74 Å². The molecule has 0 amide bonds. The van der Waals surface area contributed by atoms with Gasteiger partial charge in [-0.2, -0.15) is 0 Å². The molecule has 0 N–H and O–H groups in total. The third-order valence-electron chi connectivity index (χ3n) is 13.4. The highest BCUT2D eigenvalue weighted by Gasteiger charge is 2.67. The van der Waals surface area contributed by atoms with Crippen molar-refractivity contribution in [2.45, 2.75) is 133 Å². The summed E-state index contributed by atoms with van der Waals surface area (Å²) in [6.07, 6.45) is 13.2. The number of ether oxygens (including phenoxy) is 1. The van der Waals surface area contributed by atoms with Crippen LogP contribution < -0.4 is 0 Å². The van der Waals surface area contributed by atoms with Crippen molar-refractivity contribution in [1.29, 1.82) is 0 Å². The van der Waals surface area contributed by atoms with Crippen molar-refractivity contribution < 1.29 is 9.53 Å². The van der Waals surface area contributed by atoms with E-state index >= 15 is 0 Å². The Balaban J connectivity index is 1.53. The highest BCUT2D eigenvalue weighted by molar-refractivity contribution is 5.66. The van der Waals surface area contributed by atoms with Gasteiger partial charge in [0.2, 0.25) is 0 Å². The maximum absolute atomic E-state index is 11.9. The normalized spacial score (nSPS) is 49.7. The van der Waals surface area contributed by atoms with Crippen LogP contribution in [0.2, 0.25) is 0 Å². The molecule has 8 atom stereocenters. The Hall–Kier alpha value is -0.790. The molecule has 2 nitrogen and oxygen atoms in total. The molecule has 0 spiro atoms. The van der Waals surface area contributed by atoms with Crippen LogP contribution in [0.5, 0.6) is 0 Å². The molecule has 3 fully saturated rings. The van der Waals surface area contributed by atoms with Crippen LogP contribution >= 0.6 is 0 Å². The summed E-state index contributed by atoms with van der Waals surface area (Å²) in [5.41, 5.74) is 5.38. The number of rotatable bonds is 2. The number of carbonyl (C=O) groups is 1. The molecule has 5 aliphatic rings. The van der Waals surface area contributed by atoms with Gasteiger partial charge in [0.25, 0.3) is 0 Å². The molecule has 5 aliphatic carbocycles. The van der Waals surface area contributed by atoms with Crippen LogP contribution in [-0.4, -0.2) is 12.1 Å². The van der Waals surface area contributed by atoms with Crippen molar-refractivity contribution in [3.63, 3.8) is 0 Å². The number of esters is 1. The highest BCUT2D eigenvalue weighted by atomic mass is 16.5. The molecule has 2 heteroatoms. The summed E-state index contributed by atoms with van der Waals surface area (Å²) in [6.45, 7) is 22.0. The van der Waals surface area contributed by atoms with Crippen LogP contribution in [0.1, 0.15) is 127 Å². The molecule has 0 heterocycles. The fraction of sp³-hybridized carbons (Fsp3) is 0.906. The van der Waals surface area contributed by atoms with Gasteiger partial charge in [-0.15, -0.1) is 0 Å². The lowest BCUT2D eigenvalue weighted by Crippen LogP contribution is -2.59. The Labute approximate surface area is 210 Å². The maximum Gasteiger partial charge on any atom is 0.302 e. The van der Waals surface area contributed by atoms with Gasteiger partial charge in [-0.3, -0.25) is 4.79 Å². The topological polar surface area (TPSA) is 26.3 Å². The molecule has 34 heavy (non-hydrogen) atoms. The molecule has 0 saturated heterocycles. The van der Waals surface area contributed by atoms with E-state index in [1.807, 2.05) is 11.1 Å². The Morgan fingerprint density at radius 2 is 1.53 bits per heavy atom. The Kier molecular flexibility index (Phi) is 5.57. The Morgan fingerprint density at radius 1 is 0.824 bits per heavy atom. The standard InChI is InChI=1S/C32H52O2/c1-20(2)22-10-13-26-30(22,7)18-19-31(8)24-11-12-25-28(4,5)27(34-21(3)33)15-16-29(25,6)23(24)14-17-32(26,31)9/h20,22,25-27H,10-19H2,1-9H3. The lowest BCUT2D eigenvalue weighted by atomic mass is 9.37. The van der Waals surface area contributed by atoms with Crippen LogP contribution in [0.4, 0.5) is 0 Å². The van der Waals surface area contributed by atoms with Crippen molar-refractivity contribution in [3.8, 4) is 0 Å². The van der Waals surface area contributed by atoms with E-state index in [9.17, 15) is 4.79 Å². The number of carbonyl (C=O) groups excluding carboxylic acids is 1. The van der Waals surface area contributed by atoms with E-state index in [1.54, 1.807) is 6.92 Å². The summed E-state index contributed by atoms with van der Waals surface area (Å²) in [4.78, 5) is 11.9. The second-order valence-corrected chi connectivity index (χ2v) is 15.2. The van der Waals surface area contributed by atoms with Crippen molar-refractivity contribution in [2.75, 3.05) is 0 Å².